The van der Waals surface area contributed by atoms with Crippen LogP contribution in [0.1, 0.15) is 21.8 Å². The Morgan fingerprint density at radius 3 is 2.95 bits per heavy atom. The lowest BCUT2D eigenvalue weighted by Crippen LogP contribution is -2.25. The van der Waals surface area contributed by atoms with Crippen molar-refractivity contribution in [3.8, 4) is 0 Å². The molecule has 0 bridgehead atoms. The van der Waals surface area contributed by atoms with E-state index in [4.69, 9.17) is 4.42 Å². The minimum Gasteiger partial charge on any atom is -0.469 e. The third-order valence-electron chi connectivity index (χ3n) is 2.71. The molecule has 0 spiro atoms. The highest BCUT2D eigenvalue weighted by Gasteiger charge is 2.08. The summed E-state index contributed by atoms with van der Waals surface area (Å²) < 4.78 is 5.21. The van der Waals surface area contributed by atoms with E-state index in [1.165, 1.54) is 0 Å². The highest BCUT2D eigenvalue weighted by molar-refractivity contribution is 5.94. The Balaban J connectivity index is 1.94. The zero-order chi connectivity index (χ0) is 13.7. The molecule has 0 fully saturated rings. The summed E-state index contributed by atoms with van der Waals surface area (Å²) in [6.45, 7) is 2.41. The van der Waals surface area contributed by atoms with Crippen molar-refractivity contribution < 1.29 is 9.21 Å². The zero-order valence-corrected chi connectivity index (χ0v) is 11.1. The number of hydrogen-bond donors (Lipinski definition) is 2. The lowest BCUT2D eigenvalue weighted by atomic mass is 10.2. The molecule has 0 atom stereocenters. The maximum absolute atomic E-state index is 12.0. The highest BCUT2D eigenvalue weighted by Crippen LogP contribution is 2.09. The average Bonchev–Trinajstić information content (AvgIpc) is 2.91. The predicted octanol–water partition coefficient (Wildman–Crippen LogP) is 2.00. The van der Waals surface area contributed by atoms with Crippen LogP contribution in [0, 0.1) is 6.92 Å². The van der Waals surface area contributed by atoms with E-state index in [1.54, 1.807) is 25.4 Å². The van der Waals surface area contributed by atoms with Gasteiger partial charge in [-0.2, -0.15) is 0 Å². The van der Waals surface area contributed by atoms with E-state index < -0.39 is 0 Å². The van der Waals surface area contributed by atoms with Gasteiger partial charge in [0.25, 0.3) is 5.91 Å². The molecular formula is C14H17N3O2. The molecule has 0 saturated heterocycles. The first kappa shape index (κ1) is 13.1. The van der Waals surface area contributed by atoms with E-state index in [0.29, 0.717) is 24.3 Å². The van der Waals surface area contributed by atoms with E-state index in [0.717, 1.165) is 11.5 Å². The fourth-order valence-corrected chi connectivity index (χ4v) is 1.78. The van der Waals surface area contributed by atoms with Gasteiger partial charge in [0.05, 0.1) is 6.26 Å². The van der Waals surface area contributed by atoms with Crippen molar-refractivity contribution in [2.24, 2.45) is 0 Å². The smallest absolute Gasteiger partial charge is 0.251 e. The van der Waals surface area contributed by atoms with Crippen LogP contribution in [0.2, 0.25) is 0 Å². The number of carbonyl (C=O) groups excluding carboxylic acids is 1. The minimum absolute atomic E-state index is 0.103. The number of hydrogen-bond acceptors (Lipinski definition) is 4. The third-order valence-corrected chi connectivity index (χ3v) is 2.71. The number of amides is 1. The van der Waals surface area contributed by atoms with Crippen LogP contribution in [0.25, 0.3) is 0 Å². The van der Waals surface area contributed by atoms with E-state index >= 15 is 0 Å². The summed E-state index contributed by atoms with van der Waals surface area (Å²) in [6.07, 6.45) is 2.31. The largest absolute Gasteiger partial charge is 0.469 e. The normalized spacial score (nSPS) is 10.2. The topological polar surface area (TPSA) is 67.2 Å². The van der Waals surface area contributed by atoms with Crippen LogP contribution in [-0.4, -0.2) is 24.5 Å². The molecule has 2 aromatic heterocycles. The molecule has 100 valence electrons. The number of rotatable bonds is 5. The summed E-state index contributed by atoms with van der Waals surface area (Å²) >= 11 is 0. The second kappa shape index (κ2) is 6.04. The van der Waals surface area contributed by atoms with Gasteiger partial charge >= 0.3 is 0 Å². The van der Waals surface area contributed by atoms with Gasteiger partial charge in [-0.3, -0.25) is 4.79 Å². The number of nitrogens with zero attached hydrogens (tertiary/aromatic N) is 1. The van der Waals surface area contributed by atoms with Gasteiger partial charge < -0.3 is 15.1 Å². The van der Waals surface area contributed by atoms with Crippen LogP contribution < -0.4 is 10.6 Å². The van der Waals surface area contributed by atoms with Crippen molar-refractivity contribution >= 4 is 11.7 Å². The molecule has 5 heteroatoms. The molecule has 0 saturated carbocycles. The molecule has 0 radical (unpaired) electrons. The van der Waals surface area contributed by atoms with Crippen molar-refractivity contribution in [1.82, 2.24) is 10.3 Å². The Labute approximate surface area is 112 Å². The Morgan fingerprint density at radius 2 is 2.26 bits per heavy atom. The van der Waals surface area contributed by atoms with E-state index in [2.05, 4.69) is 15.6 Å². The van der Waals surface area contributed by atoms with Crippen molar-refractivity contribution in [1.29, 1.82) is 0 Å². The van der Waals surface area contributed by atoms with E-state index in [1.807, 2.05) is 19.1 Å². The maximum atomic E-state index is 12.0. The van der Waals surface area contributed by atoms with Crippen LogP contribution in [0.4, 0.5) is 5.82 Å². The summed E-state index contributed by atoms with van der Waals surface area (Å²) in [4.78, 5) is 16.2. The van der Waals surface area contributed by atoms with Gasteiger partial charge in [0.1, 0.15) is 11.6 Å². The quantitative estimate of drug-likeness (QED) is 0.861. The summed E-state index contributed by atoms with van der Waals surface area (Å²) in [6, 6.07) is 7.22. The lowest BCUT2D eigenvalue weighted by Gasteiger charge is -2.07. The van der Waals surface area contributed by atoms with E-state index in [9.17, 15) is 4.79 Å². The molecule has 0 aliphatic carbocycles. The third kappa shape index (κ3) is 3.58. The molecule has 19 heavy (non-hydrogen) atoms. The fraction of sp³-hybridized carbons (Fsp3) is 0.286. The Kier molecular flexibility index (Phi) is 4.18. The predicted molar refractivity (Wildman–Crippen MR) is 73.3 cm³/mol. The van der Waals surface area contributed by atoms with Gasteiger partial charge in [-0.1, -0.05) is 0 Å². The minimum atomic E-state index is -0.103. The number of aromatic nitrogens is 1. The summed E-state index contributed by atoms with van der Waals surface area (Å²) in [5, 5.41) is 5.80. The molecule has 2 aromatic rings. The first-order valence-corrected chi connectivity index (χ1v) is 6.16. The Morgan fingerprint density at radius 1 is 1.42 bits per heavy atom. The van der Waals surface area contributed by atoms with Gasteiger partial charge in [-0.05, 0) is 31.2 Å². The number of nitrogens with one attached hydrogen (secondary N) is 2. The fourth-order valence-electron chi connectivity index (χ4n) is 1.78. The van der Waals surface area contributed by atoms with Crippen molar-refractivity contribution in [3.63, 3.8) is 0 Å². The number of carbonyl (C=O) groups is 1. The monoisotopic (exact) mass is 259 g/mol. The van der Waals surface area contributed by atoms with Crippen molar-refractivity contribution in [3.05, 3.63) is 47.5 Å². The molecule has 2 heterocycles. The van der Waals surface area contributed by atoms with Gasteiger partial charge in [-0.15, -0.1) is 0 Å². The van der Waals surface area contributed by atoms with Gasteiger partial charge in [0.15, 0.2) is 0 Å². The van der Waals surface area contributed by atoms with Gasteiger partial charge in [0, 0.05) is 31.3 Å². The summed E-state index contributed by atoms with van der Waals surface area (Å²) in [7, 11) is 1.78. The first-order valence-electron chi connectivity index (χ1n) is 6.16. The zero-order valence-electron chi connectivity index (χ0n) is 11.1. The molecular weight excluding hydrogens is 242 g/mol. The van der Waals surface area contributed by atoms with Crippen molar-refractivity contribution in [2.75, 3.05) is 18.9 Å². The first-order chi connectivity index (χ1) is 9.19. The SMILES string of the molecule is CNc1cc(C(=O)NCCc2ccco2)cc(C)n1. The Hall–Kier alpha value is -2.30. The number of furan rings is 1. The van der Waals surface area contributed by atoms with Crippen molar-refractivity contribution in [2.45, 2.75) is 13.3 Å². The second-order valence-electron chi connectivity index (χ2n) is 4.22. The van der Waals surface area contributed by atoms with Crippen LogP contribution in [0.3, 0.4) is 0 Å². The molecule has 2 N–H and O–H groups in total. The lowest BCUT2D eigenvalue weighted by molar-refractivity contribution is 0.0953. The molecule has 0 aliphatic rings. The Bertz CT molecular complexity index is 550. The van der Waals surface area contributed by atoms with Crippen LogP contribution in [0.15, 0.2) is 34.9 Å². The number of anilines is 1. The molecule has 0 unspecified atom stereocenters. The van der Waals surface area contributed by atoms with Gasteiger partial charge in [-0.25, -0.2) is 4.98 Å². The number of aryl methyl sites for hydroxylation is 1. The molecule has 0 aliphatic heterocycles. The average molecular weight is 259 g/mol. The van der Waals surface area contributed by atoms with E-state index in [-0.39, 0.29) is 5.91 Å². The second-order valence-corrected chi connectivity index (χ2v) is 4.22. The summed E-state index contributed by atoms with van der Waals surface area (Å²) in [5.41, 5.74) is 1.42. The number of pyridine rings is 1. The standard InChI is InChI=1S/C14H17N3O2/c1-10-8-11(9-13(15-2)17-10)14(18)16-6-5-12-4-3-7-19-12/h3-4,7-9H,5-6H2,1-2H3,(H,15,17)(H,16,18). The molecule has 1 amide bonds. The van der Waals surface area contributed by atoms with Gasteiger partial charge in [0.2, 0.25) is 0 Å². The molecule has 2 rings (SSSR count). The maximum Gasteiger partial charge on any atom is 0.251 e. The van der Waals surface area contributed by atoms with Crippen LogP contribution in [-0.2, 0) is 6.42 Å². The van der Waals surface area contributed by atoms with Crippen LogP contribution in [0.5, 0.6) is 0 Å². The van der Waals surface area contributed by atoms with Crippen LogP contribution >= 0.6 is 0 Å². The highest BCUT2D eigenvalue weighted by atomic mass is 16.3. The molecule has 5 nitrogen and oxygen atoms in total. The molecule has 0 aromatic carbocycles. The summed E-state index contributed by atoms with van der Waals surface area (Å²) in [5.74, 6) is 1.45.